The van der Waals surface area contributed by atoms with Crippen molar-refractivity contribution in [3.05, 3.63) is 47.4 Å². The highest BCUT2D eigenvalue weighted by Gasteiger charge is 2.18. The molecule has 114 valence electrons. The molecule has 1 unspecified atom stereocenters. The van der Waals surface area contributed by atoms with Gasteiger partial charge in [0.2, 0.25) is 0 Å². The van der Waals surface area contributed by atoms with E-state index < -0.39 is 0 Å². The molecule has 4 heterocycles. The van der Waals surface area contributed by atoms with Crippen LogP contribution in [0.2, 0.25) is 0 Å². The fourth-order valence-corrected chi connectivity index (χ4v) is 3.73. The van der Waals surface area contributed by atoms with Gasteiger partial charge in [-0.1, -0.05) is 5.21 Å². The summed E-state index contributed by atoms with van der Waals surface area (Å²) in [5.74, 6) is 0. The van der Waals surface area contributed by atoms with E-state index in [0.717, 1.165) is 29.2 Å². The van der Waals surface area contributed by atoms with Crippen molar-refractivity contribution < 1.29 is 9.15 Å². The summed E-state index contributed by atoms with van der Waals surface area (Å²) in [6.07, 6.45) is 9.18. The minimum atomic E-state index is 0.258. The third-order valence-electron chi connectivity index (χ3n) is 3.84. The van der Waals surface area contributed by atoms with Crippen molar-refractivity contribution >= 4 is 11.3 Å². The number of ether oxygens (including phenoxy) is 1. The van der Waals surface area contributed by atoms with E-state index in [1.54, 1.807) is 23.9 Å². The fourth-order valence-electron chi connectivity index (χ4n) is 2.69. The second kappa shape index (κ2) is 6.06. The van der Waals surface area contributed by atoms with Gasteiger partial charge in [-0.15, -0.1) is 16.4 Å². The Morgan fingerprint density at radius 1 is 1.27 bits per heavy atom. The van der Waals surface area contributed by atoms with Crippen LogP contribution in [-0.4, -0.2) is 21.6 Å². The van der Waals surface area contributed by atoms with Crippen LogP contribution in [0.4, 0.5) is 0 Å². The number of aromatic nitrogens is 3. The van der Waals surface area contributed by atoms with Crippen molar-refractivity contribution in [2.75, 3.05) is 6.61 Å². The Hall–Kier alpha value is -1.92. The van der Waals surface area contributed by atoms with Gasteiger partial charge in [-0.05, 0) is 37.5 Å². The van der Waals surface area contributed by atoms with Crippen LogP contribution >= 0.6 is 11.3 Å². The quantitative estimate of drug-likeness (QED) is 0.733. The number of hydrogen-bond donors (Lipinski definition) is 0. The predicted octanol–water partition coefficient (Wildman–Crippen LogP) is 3.89. The molecule has 1 aliphatic rings. The third-order valence-corrected chi connectivity index (χ3v) is 5.04. The van der Waals surface area contributed by atoms with Gasteiger partial charge in [0, 0.05) is 17.0 Å². The summed E-state index contributed by atoms with van der Waals surface area (Å²) in [6, 6.07) is 6.21. The van der Waals surface area contributed by atoms with Crippen molar-refractivity contribution in [3.8, 4) is 10.6 Å². The lowest BCUT2D eigenvalue weighted by Gasteiger charge is -2.21. The lowest BCUT2D eigenvalue weighted by Crippen LogP contribution is -2.09. The Labute approximate surface area is 132 Å². The highest BCUT2D eigenvalue weighted by atomic mass is 32.1. The van der Waals surface area contributed by atoms with Crippen LogP contribution in [0.3, 0.4) is 0 Å². The monoisotopic (exact) mass is 315 g/mol. The van der Waals surface area contributed by atoms with Gasteiger partial charge in [0.15, 0.2) is 0 Å². The molecule has 0 bridgehead atoms. The summed E-state index contributed by atoms with van der Waals surface area (Å²) in [7, 11) is 0. The molecule has 1 aliphatic heterocycles. The summed E-state index contributed by atoms with van der Waals surface area (Å²) in [4.78, 5) is 2.43. The van der Waals surface area contributed by atoms with Crippen molar-refractivity contribution in [2.45, 2.75) is 31.9 Å². The molecule has 4 rings (SSSR count). The fraction of sp³-hybridized carbons (Fsp3) is 0.375. The molecular formula is C16H17N3O2S. The van der Waals surface area contributed by atoms with E-state index in [1.165, 1.54) is 17.7 Å². The first-order valence-corrected chi connectivity index (χ1v) is 8.33. The summed E-state index contributed by atoms with van der Waals surface area (Å²) in [5, 5.41) is 8.47. The van der Waals surface area contributed by atoms with Gasteiger partial charge in [0.1, 0.15) is 5.69 Å². The number of thiophene rings is 1. The summed E-state index contributed by atoms with van der Waals surface area (Å²) < 4.78 is 12.8. The maximum atomic E-state index is 5.85. The lowest BCUT2D eigenvalue weighted by molar-refractivity contribution is 0.0172. The smallest absolute Gasteiger partial charge is 0.123 e. The van der Waals surface area contributed by atoms with Crippen LogP contribution in [0.5, 0.6) is 0 Å². The van der Waals surface area contributed by atoms with E-state index in [1.807, 2.05) is 16.9 Å². The molecule has 0 saturated carbocycles. The van der Waals surface area contributed by atoms with Crippen LogP contribution in [0.25, 0.3) is 10.6 Å². The van der Waals surface area contributed by atoms with Gasteiger partial charge in [-0.2, -0.15) is 0 Å². The topological polar surface area (TPSA) is 53.1 Å². The molecule has 0 aliphatic carbocycles. The Morgan fingerprint density at radius 3 is 3.09 bits per heavy atom. The molecule has 0 spiro atoms. The largest absolute Gasteiger partial charge is 0.472 e. The van der Waals surface area contributed by atoms with Gasteiger partial charge in [0.25, 0.3) is 0 Å². The number of furan rings is 1. The normalized spacial score (nSPS) is 18.6. The zero-order valence-electron chi connectivity index (χ0n) is 12.1. The van der Waals surface area contributed by atoms with Crippen LogP contribution in [0.1, 0.15) is 35.8 Å². The average molecular weight is 315 g/mol. The molecule has 5 nitrogen and oxygen atoms in total. The maximum Gasteiger partial charge on any atom is 0.123 e. The number of rotatable bonds is 4. The average Bonchev–Trinajstić information content (AvgIpc) is 3.30. The number of nitrogens with zero attached hydrogens (tertiary/aromatic N) is 3. The SMILES string of the molecule is c1cc(Cn2cc(-c3ccc(C4CCCCO4)s3)nn2)co1. The molecule has 1 saturated heterocycles. The molecular weight excluding hydrogens is 298 g/mol. The summed E-state index contributed by atoms with van der Waals surface area (Å²) in [5.41, 5.74) is 1.99. The van der Waals surface area contributed by atoms with Crippen LogP contribution in [-0.2, 0) is 11.3 Å². The molecule has 6 heteroatoms. The highest BCUT2D eigenvalue weighted by Crippen LogP contribution is 2.35. The first-order chi connectivity index (χ1) is 10.9. The predicted molar refractivity (Wildman–Crippen MR) is 83.7 cm³/mol. The molecule has 0 N–H and O–H groups in total. The van der Waals surface area contributed by atoms with Crippen molar-refractivity contribution in [2.24, 2.45) is 0 Å². The first-order valence-electron chi connectivity index (χ1n) is 7.51. The van der Waals surface area contributed by atoms with E-state index in [2.05, 4.69) is 22.4 Å². The Morgan fingerprint density at radius 2 is 2.27 bits per heavy atom. The van der Waals surface area contributed by atoms with Crippen molar-refractivity contribution in [1.82, 2.24) is 15.0 Å². The summed E-state index contributed by atoms with van der Waals surface area (Å²) in [6.45, 7) is 1.55. The standard InChI is InChI=1S/C16H17N3O2S/c1-2-7-21-14(3-1)16-5-4-15(22-16)13-10-19(18-17-13)9-12-6-8-20-11-12/h4-6,8,10-11,14H,1-3,7,9H2. The van der Waals surface area contributed by atoms with Gasteiger partial charge in [-0.3, -0.25) is 0 Å². The first kappa shape index (κ1) is 13.7. The lowest BCUT2D eigenvalue weighted by atomic mass is 10.1. The van der Waals surface area contributed by atoms with Gasteiger partial charge in [-0.25, -0.2) is 4.68 Å². The van der Waals surface area contributed by atoms with E-state index in [4.69, 9.17) is 9.15 Å². The Bertz CT molecular complexity index is 726. The minimum Gasteiger partial charge on any atom is -0.472 e. The van der Waals surface area contributed by atoms with Gasteiger partial charge < -0.3 is 9.15 Å². The molecule has 1 atom stereocenters. The van der Waals surface area contributed by atoms with Gasteiger partial charge in [0.05, 0.1) is 36.2 Å². The molecule has 0 amide bonds. The van der Waals surface area contributed by atoms with E-state index in [-0.39, 0.29) is 6.10 Å². The zero-order valence-corrected chi connectivity index (χ0v) is 13.0. The second-order valence-corrected chi connectivity index (χ2v) is 6.61. The van der Waals surface area contributed by atoms with Gasteiger partial charge >= 0.3 is 0 Å². The molecule has 3 aromatic rings. The molecule has 1 fully saturated rings. The van der Waals surface area contributed by atoms with E-state index in [0.29, 0.717) is 6.54 Å². The minimum absolute atomic E-state index is 0.258. The second-order valence-electron chi connectivity index (χ2n) is 5.49. The van der Waals surface area contributed by atoms with Crippen molar-refractivity contribution in [3.63, 3.8) is 0 Å². The third kappa shape index (κ3) is 2.84. The van der Waals surface area contributed by atoms with E-state index in [9.17, 15) is 0 Å². The highest BCUT2D eigenvalue weighted by molar-refractivity contribution is 7.15. The number of hydrogen-bond acceptors (Lipinski definition) is 5. The van der Waals surface area contributed by atoms with Crippen molar-refractivity contribution in [1.29, 1.82) is 0 Å². The maximum absolute atomic E-state index is 5.85. The van der Waals surface area contributed by atoms with Crippen LogP contribution in [0, 0.1) is 0 Å². The molecule has 0 radical (unpaired) electrons. The molecule has 0 aromatic carbocycles. The van der Waals surface area contributed by atoms with Crippen LogP contribution < -0.4 is 0 Å². The molecule has 3 aromatic heterocycles. The summed E-state index contributed by atoms with van der Waals surface area (Å²) >= 11 is 1.75. The molecule has 22 heavy (non-hydrogen) atoms. The Balaban J connectivity index is 1.50. The zero-order chi connectivity index (χ0) is 14.8. The van der Waals surface area contributed by atoms with Crippen LogP contribution in [0.15, 0.2) is 41.3 Å². The van der Waals surface area contributed by atoms with E-state index >= 15 is 0 Å². The Kier molecular flexibility index (Phi) is 3.78.